The first kappa shape index (κ1) is 16.1. The van der Waals surface area contributed by atoms with Crippen LogP contribution < -0.4 is 10.1 Å². The van der Waals surface area contributed by atoms with Crippen LogP contribution in [0, 0.1) is 5.92 Å². The van der Waals surface area contributed by atoms with E-state index < -0.39 is 6.10 Å². The summed E-state index contributed by atoms with van der Waals surface area (Å²) in [5, 5.41) is 13.1. The van der Waals surface area contributed by atoms with Gasteiger partial charge in [-0.25, -0.2) is 0 Å². The molecule has 2 N–H and O–H groups in total. The van der Waals surface area contributed by atoms with Crippen LogP contribution in [0.15, 0.2) is 24.3 Å². The summed E-state index contributed by atoms with van der Waals surface area (Å²) in [6.45, 7) is 5.82. The van der Waals surface area contributed by atoms with Crippen molar-refractivity contribution in [1.82, 2.24) is 0 Å². The highest BCUT2D eigenvalue weighted by Gasteiger charge is 2.21. The zero-order valence-electron chi connectivity index (χ0n) is 13.0. The molecule has 0 aliphatic heterocycles. The Labute approximate surface area is 127 Å². The van der Waals surface area contributed by atoms with Crippen LogP contribution in [0.1, 0.15) is 33.1 Å². The monoisotopic (exact) mass is 293 g/mol. The Morgan fingerprint density at radius 3 is 2.90 bits per heavy atom. The molecule has 1 saturated carbocycles. The van der Waals surface area contributed by atoms with Gasteiger partial charge in [0, 0.05) is 24.9 Å². The lowest BCUT2D eigenvalue weighted by Crippen LogP contribution is -2.25. The molecule has 118 valence electrons. The van der Waals surface area contributed by atoms with E-state index in [2.05, 4.69) is 19.2 Å². The van der Waals surface area contributed by atoms with Gasteiger partial charge in [0.05, 0.1) is 18.8 Å². The smallest absolute Gasteiger partial charge is 0.121 e. The van der Waals surface area contributed by atoms with Gasteiger partial charge >= 0.3 is 0 Å². The number of aliphatic hydroxyl groups is 1. The average Bonchev–Trinajstić information content (AvgIpc) is 3.29. The Morgan fingerprint density at radius 2 is 2.19 bits per heavy atom. The molecule has 2 rings (SSSR count). The first-order chi connectivity index (χ1) is 10.2. The summed E-state index contributed by atoms with van der Waals surface area (Å²) in [6.07, 6.45) is 3.26. The third-order valence-corrected chi connectivity index (χ3v) is 3.65. The average molecular weight is 293 g/mol. The van der Waals surface area contributed by atoms with Crippen molar-refractivity contribution in [3.8, 4) is 5.75 Å². The van der Waals surface area contributed by atoms with Crippen LogP contribution in [0.3, 0.4) is 0 Å². The molecule has 2 atom stereocenters. The number of rotatable bonds is 10. The van der Waals surface area contributed by atoms with E-state index in [4.69, 9.17) is 9.47 Å². The lowest BCUT2D eigenvalue weighted by Gasteiger charge is -2.15. The van der Waals surface area contributed by atoms with Crippen LogP contribution in [-0.2, 0) is 4.74 Å². The van der Waals surface area contributed by atoms with Gasteiger partial charge in [0.2, 0.25) is 0 Å². The maximum Gasteiger partial charge on any atom is 0.121 e. The molecule has 1 aromatic rings. The molecular formula is C17H27NO3. The molecule has 0 radical (unpaired) electrons. The molecule has 4 heteroatoms. The standard InChI is InChI=1S/C17H27NO3/c1-3-13(2)21-17-6-4-5-15(9-17)18-10-16(19)12-20-11-14-7-8-14/h4-6,9,13-14,16,18-19H,3,7-8,10-12H2,1-2H3. The molecule has 1 fully saturated rings. The molecule has 1 aromatic carbocycles. The van der Waals surface area contributed by atoms with E-state index in [1.807, 2.05) is 24.3 Å². The molecule has 1 aliphatic rings. The largest absolute Gasteiger partial charge is 0.491 e. The lowest BCUT2D eigenvalue weighted by molar-refractivity contribution is 0.0386. The van der Waals surface area contributed by atoms with Gasteiger partial charge in [-0.15, -0.1) is 0 Å². The second kappa shape index (κ2) is 8.25. The zero-order chi connectivity index (χ0) is 15.1. The van der Waals surface area contributed by atoms with Crippen molar-refractivity contribution < 1.29 is 14.6 Å². The molecule has 0 spiro atoms. The van der Waals surface area contributed by atoms with Crippen molar-refractivity contribution in [3.05, 3.63) is 24.3 Å². The van der Waals surface area contributed by atoms with Crippen molar-refractivity contribution in [2.45, 2.75) is 45.3 Å². The van der Waals surface area contributed by atoms with Crippen molar-refractivity contribution in [2.75, 3.05) is 25.1 Å². The summed E-state index contributed by atoms with van der Waals surface area (Å²) in [5.74, 6) is 1.59. The van der Waals surface area contributed by atoms with Crippen LogP contribution in [0.2, 0.25) is 0 Å². The number of hydrogen-bond acceptors (Lipinski definition) is 4. The van der Waals surface area contributed by atoms with Gasteiger partial charge in [0.1, 0.15) is 5.75 Å². The predicted molar refractivity (Wildman–Crippen MR) is 84.9 cm³/mol. The van der Waals surface area contributed by atoms with Crippen molar-refractivity contribution in [2.24, 2.45) is 5.92 Å². The molecule has 0 amide bonds. The fraction of sp³-hybridized carbons (Fsp3) is 0.647. The van der Waals surface area contributed by atoms with E-state index in [0.29, 0.717) is 13.2 Å². The molecular weight excluding hydrogens is 266 g/mol. The molecule has 2 unspecified atom stereocenters. The number of nitrogens with one attached hydrogen (secondary N) is 1. The first-order valence-electron chi connectivity index (χ1n) is 7.93. The summed E-state index contributed by atoms with van der Waals surface area (Å²) >= 11 is 0. The van der Waals surface area contributed by atoms with Crippen molar-refractivity contribution in [1.29, 1.82) is 0 Å². The van der Waals surface area contributed by atoms with Gasteiger partial charge in [-0.2, -0.15) is 0 Å². The first-order valence-corrected chi connectivity index (χ1v) is 7.93. The van der Waals surface area contributed by atoms with Crippen LogP contribution in [0.25, 0.3) is 0 Å². The molecule has 0 bridgehead atoms. The van der Waals surface area contributed by atoms with Crippen LogP contribution in [0.4, 0.5) is 5.69 Å². The van der Waals surface area contributed by atoms with Crippen molar-refractivity contribution in [3.63, 3.8) is 0 Å². The van der Waals surface area contributed by atoms with E-state index in [0.717, 1.165) is 30.4 Å². The molecule has 1 aliphatic carbocycles. The number of aliphatic hydroxyl groups excluding tert-OH is 1. The van der Waals surface area contributed by atoms with Gasteiger partial charge in [-0.1, -0.05) is 13.0 Å². The minimum absolute atomic E-state index is 0.210. The topological polar surface area (TPSA) is 50.7 Å². The highest BCUT2D eigenvalue weighted by molar-refractivity contribution is 5.48. The van der Waals surface area contributed by atoms with E-state index in [9.17, 15) is 5.11 Å². The minimum atomic E-state index is -0.483. The Morgan fingerprint density at radius 1 is 1.38 bits per heavy atom. The van der Waals surface area contributed by atoms with Gasteiger partial charge in [0.15, 0.2) is 0 Å². The number of hydrogen-bond donors (Lipinski definition) is 2. The van der Waals surface area contributed by atoms with Gasteiger partial charge < -0.3 is 19.9 Å². The molecule has 0 heterocycles. The molecule has 21 heavy (non-hydrogen) atoms. The highest BCUT2D eigenvalue weighted by atomic mass is 16.5. The predicted octanol–water partition coefficient (Wildman–Crippen LogP) is 3.06. The van der Waals surface area contributed by atoms with Gasteiger partial charge in [-0.3, -0.25) is 0 Å². The zero-order valence-corrected chi connectivity index (χ0v) is 13.0. The second-order valence-corrected chi connectivity index (χ2v) is 5.88. The third kappa shape index (κ3) is 6.36. The third-order valence-electron chi connectivity index (χ3n) is 3.65. The number of anilines is 1. The number of ether oxygens (including phenoxy) is 2. The summed E-state index contributed by atoms with van der Waals surface area (Å²) < 4.78 is 11.3. The van der Waals surface area contributed by atoms with Crippen LogP contribution in [-0.4, -0.2) is 37.1 Å². The highest BCUT2D eigenvalue weighted by Crippen LogP contribution is 2.28. The maximum absolute atomic E-state index is 9.88. The molecule has 0 aromatic heterocycles. The van der Waals surface area contributed by atoms with E-state index >= 15 is 0 Å². The normalized spacial score (nSPS) is 17.3. The quantitative estimate of drug-likeness (QED) is 0.696. The Hall–Kier alpha value is -1.26. The van der Waals surface area contributed by atoms with Crippen LogP contribution in [0.5, 0.6) is 5.75 Å². The number of benzene rings is 1. The fourth-order valence-electron chi connectivity index (χ4n) is 1.94. The van der Waals surface area contributed by atoms with Crippen molar-refractivity contribution >= 4 is 5.69 Å². The summed E-state index contributed by atoms with van der Waals surface area (Å²) in [6, 6.07) is 7.84. The molecule has 4 nitrogen and oxygen atoms in total. The lowest BCUT2D eigenvalue weighted by atomic mass is 10.2. The summed E-state index contributed by atoms with van der Waals surface area (Å²) in [5.41, 5.74) is 0.956. The van der Waals surface area contributed by atoms with Crippen LogP contribution >= 0.6 is 0 Å². The Bertz CT molecular complexity index is 420. The maximum atomic E-state index is 9.88. The van der Waals surface area contributed by atoms with Gasteiger partial charge in [-0.05, 0) is 44.2 Å². The Kier molecular flexibility index (Phi) is 6.33. The SMILES string of the molecule is CCC(C)Oc1cccc(NCC(O)COCC2CC2)c1. The van der Waals surface area contributed by atoms with E-state index in [1.165, 1.54) is 12.8 Å². The van der Waals surface area contributed by atoms with Gasteiger partial charge in [0.25, 0.3) is 0 Å². The fourth-order valence-corrected chi connectivity index (χ4v) is 1.94. The Balaban J connectivity index is 1.69. The summed E-state index contributed by atoms with van der Waals surface area (Å²) in [7, 11) is 0. The second-order valence-electron chi connectivity index (χ2n) is 5.88. The molecule has 0 saturated heterocycles. The summed E-state index contributed by atoms with van der Waals surface area (Å²) in [4.78, 5) is 0. The van der Waals surface area contributed by atoms with E-state index in [-0.39, 0.29) is 6.10 Å². The minimum Gasteiger partial charge on any atom is -0.491 e. The van der Waals surface area contributed by atoms with E-state index in [1.54, 1.807) is 0 Å².